The number of benzene rings is 2. The van der Waals surface area contributed by atoms with Gasteiger partial charge in [0.1, 0.15) is 0 Å². The Morgan fingerprint density at radius 2 is 1.81 bits per heavy atom. The van der Waals surface area contributed by atoms with Gasteiger partial charge in [-0.2, -0.15) is 0 Å². The van der Waals surface area contributed by atoms with E-state index in [4.69, 9.17) is 11.6 Å². The van der Waals surface area contributed by atoms with E-state index in [1.807, 2.05) is 6.07 Å². The van der Waals surface area contributed by atoms with Crippen molar-refractivity contribution in [2.24, 2.45) is 23.7 Å². The quantitative estimate of drug-likeness (QED) is 0.400. The maximum absolute atomic E-state index is 13.5. The highest BCUT2D eigenvalue weighted by Gasteiger charge is 2.45. The number of hydrogen-bond donors (Lipinski definition) is 2. The summed E-state index contributed by atoms with van der Waals surface area (Å²) in [5.41, 5.74) is 1.21. The van der Waals surface area contributed by atoms with Crippen LogP contribution in [0.1, 0.15) is 32.8 Å². The highest BCUT2D eigenvalue weighted by atomic mass is 35.5. The minimum absolute atomic E-state index is 0.0741. The van der Waals surface area contributed by atoms with Crippen LogP contribution in [-0.2, 0) is 0 Å². The second-order valence-electron chi connectivity index (χ2n) is 8.49. The molecule has 0 spiro atoms. The van der Waals surface area contributed by atoms with Crippen LogP contribution in [-0.4, -0.2) is 17.0 Å². The van der Waals surface area contributed by atoms with Crippen molar-refractivity contribution in [1.29, 1.82) is 0 Å². The van der Waals surface area contributed by atoms with E-state index in [9.17, 15) is 18.3 Å². The first-order chi connectivity index (χ1) is 14.6. The summed E-state index contributed by atoms with van der Waals surface area (Å²) in [6.45, 7) is 10.7. The van der Waals surface area contributed by atoms with Crippen molar-refractivity contribution in [1.82, 2.24) is 0 Å². The molecule has 0 bridgehead atoms. The average Bonchev–Trinajstić information content (AvgIpc) is 2.74. The van der Waals surface area contributed by atoms with E-state index >= 15 is 0 Å². The average molecular weight is 470 g/mol. The molecular formula is C24H27ClF3NOS. The molecule has 5 atom stereocenters. The Morgan fingerprint density at radius 3 is 2.42 bits per heavy atom. The summed E-state index contributed by atoms with van der Waals surface area (Å²) >= 11 is 8.18. The first-order valence-electron chi connectivity index (χ1n) is 10.3. The Morgan fingerprint density at radius 1 is 1.16 bits per heavy atom. The molecule has 2 aromatic rings. The highest BCUT2D eigenvalue weighted by molar-refractivity contribution is 8.00. The number of thioether (sulfide) groups is 1. The molecule has 1 aliphatic rings. The fourth-order valence-electron chi connectivity index (χ4n) is 4.12. The third-order valence-corrected chi connectivity index (χ3v) is 8.34. The van der Waals surface area contributed by atoms with Crippen LogP contribution in [0.5, 0.6) is 0 Å². The van der Waals surface area contributed by atoms with E-state index in [2.05, 4.69) is 32.7 Å². The lowest BCUT2D eigenvalue weighted by Gasteiger charge is -2.50. The van der Waals surface area contributed by atoms with Gasteiger partial charge in [0.15, 0.2) is 17.5 Å². The van der Waals surface area contributed by atoms with Crippen molar-refractivity contribution >= 4 is 34.7 Å². The Labute approximate surface area is 190 Å². The van der Waals surface area contributed by atoms with Crippen molar-refractivity contribution < 1.29 is 18.3 Å². The van der Waals surface area contributed by atoms with E-state index in [-0.39, 0.29) is 18.2 Å². The monoisotopic (exact) mass is 469 g/mol. The Balaban J connectivity index is 1.76. The third-order valence-electron chi connectivity index (χ3n) is 6.25. The van der Waals surface area contributed by atoms with Gasteiger partial charge in [-0.3, -0.25) is 0 Å². The second kappa shape index (κ2) is 9.88. The largest absolute Gasteiger partial charge is 0.396 e. The summed E-state index contributed by atoms with van der Waals surface area (Å²) < 4.78 is 40.2. The van der Waals surface area contributed by atoms with Gasteiger partial charge in [-0.15, -0.1) is 11.8 Å². The van der Waals surface area contributed by atoms with Crippen LogP contribution in [0.3, 0.4) is 0 Å². The molecule has 7 heteroatoms. The summed E-state index contributed by atoms with van der Waals surface area (Å²) in [7, 11) is 0. The first-order valence-corrected chi connectivity index (χ1v) is 11.6. The molecule has 2 N–H and O–H groups in total. The number of halogens is 4. The molecule has 2 nitrogen and oxygen atoms in total. The maximum atomic E-state index is 13.5. The SMILES string of the molecule is C=C(Nc1cc(F)c(F)c(F)c1)c1ccc(Cl)c(SC2C(C)C(C)C2CC(C)CO)c1. The van der Waals surface area contributed by atoms with Crippen LogP contribution in [0.2, 0.25) is 5.02 Å². The van der Waals surface area contributed by atoms with Gasteiger partial charge in [0.25, 0.3) is 0 Å². The molecule has 0 saturated heterocycles. The molecule has 0 aliphatic heterocycles. The van der Waals surface area contributed by atoms with Crippen molar-refractivity contribution in [3.8, 4) is 0 Å². The van der Waals surface area contributed by atoms with Crippen LogP contribution >= 0.6 is 23.4 Å². The number of anilines is 1. The molecule has 3 rings (SSSR count). The number of aliphatic hydroxyl groups excluding tert-OH is 1. The van der Waals surface area contributed by atoms with E-state index < -0.39 is 17.5 Å². The zero-order valence-corrected chi connectivity index (χ0v) is 19.3. The van der Waals surface area contributed by atoms with Crippen molar-refractivity contribution in [2.45, 2.75) is 37.3 Å². The van der Waals surface area contributed by atoms with Gasteiger partial charge in [0, 0.05) is 40.3 Å². The summed E-state index contributed by atoms with van der Waals surface area (Å²) in [6.07, 6.45) is 0.965. The van der Waals surface area contributed by atoms with Crippen molar-refractivity contribution in [3.63, 3.8) is 0 Å². The van der Waals surface area contributed by atoms with Gasteiger partial charge in [0.05, 0.1) is 5.02 Å². The van der Waals surface area contributed by atoms with Gasteiger partial charge in [-0.05, 0) is 47.8 Å². The molecule has 1 saturated carbocycles. The standard InChI is InChI=1S/C24H27ClF3NOS/c1-12(11-30)7-18-13(2)14(3)24(18)31-22-8-16(5-6-19(22)25)15(4)29-17-9-20(26)23(28)21(27)10-17/h5-6,8-10,12-14,18,24,29-30H,4,7,11H2,1-3H3. The van der Waals surface area contributed by atoms with Gasteiger partial charge < -0.3 is 10.4 Å². The van der Waals surface area contributed by atoms with Crippen LogP contribution < -0.4 is 5.32 Å². The normalized spacial score (nSPS) is 23.9. The Kier molecular flexibility index (Phi) is 7.66. The summed E-state index contributed by atoms with van der Waals surface area (Å²) in [4.78, 5) is 0.906. The Bertz CT molecular complexity index is 947. The molecule has 0 amide bonds. The molecule has 1 fully saturated rings. The maximum Gasteiger partial charge on any atom is 0.194 e. The Hall–Kier alpha value is -1.63. The topological polar surface area (TPSA) is 32.3 Å². The molecule has 168 valence electrons. The zero-order valence-electron chi connectivity index (χ0n) is 17.8. The molecule has 5 unspecified atom stereocenters. The number of rotatable bonds is 8. The van der Waals surface area contributed by atoms with E-state index in [1.165, 1.54) is 0 Å². The minimum Gasteiger partial charge on any atom is -0.396 e. The second-order valence-corrected chi connectivity index (χ2v) is 10.1. The van der Waals surface area contributed by atoms with E-state index in [0.717, 1.165) is 29.0 Å². The molecule has 1 aliphatic carbocycles. The highest BCUT2D eigenvalue weighted by Crippen LogP contribution is 2.53. The van der Waals surface area contributed by atoms with Crippen molar-refractivity contribution in [2.75, 3.05) is 11.9 Å². The fourth-order valence-corrected chi connectivity index (χ4v) is 6.03. The number of hydrogen-bond acceptors (Lipinski definition) is 3. The van der Waals surface area contributed by atoms with Gasteiger partial charge in [-0.1, -0.05) is 45.0 Å². The molecule has 0 heterocycles. The van der Waals surface area contributed by atoms with E-state index in [1.54, 1.807) is 23.9 Å². The summed E-state index contributed by atoms with van der Waals surface area (Å²) in [5.74, 6) is -2.19. The fraction of sp³-hybridized carbons (Fsp3) is 0.417. The lowest BCUT2D eigenvalue weighted by atomic mass is 9.63. The van der Waals surface area contributed by atoms with Crippen LogP contribution in [0.15, 0.2) is 41.8 Å². The smallest absolute Gasteiger partial charge is 0.194 e. The summed E-state index contributed by atoms with van der Waals surface area (Å²) in [6, 6.07) is 7.23. The van der Waals surface area contributed by atoms with Crippen LogP contribution in [0, 0.1) is 41.1 Å². The summed E-state index contributed by atoms with van der Waals surface area (Å²) in [5, 5.41) is 13.3. The van der Waals surface area contributed by atoms with Gasteiger partial charge in [0.2, 0.25) is 0 Å². The lowest BCUT2D eigenvalue weighted by molar-refractivity contribution is 0.0798. The van der Waals surface area contributed by atoms with E-state index in [0.29, 0.717) is 33.7 Å². The molecular weight excluding hydrogens is 443 g/mol. The molecule has 31 heavy (non-hydrogen) atoms. The van der Waals surface area contributed by atoms with Gasteiger partial charge in [-0.25, -0.2) is 13.2 Å². The lowest BCUT2D eigenvalue weighted by Crippen LogP contribution is -2.47. The molecule has 0 aromatic heterocycles. The first kappa shape index (κ1) is 24.0. The number of aliphatic hydroxyl groups is 1. The van der Waals surface area contributed by atoms with Crippen LogP contribution in [0.25, 0.3) is 5.70 Å². The minimum atomic E-state index is -1.50. The molecule has 0 radical (unpaired) electrons. The predicted molar refractivity (Wildman–Crippen MR) is 123 cm³/mol. The number of nitrogens with one attached hydrogen (secondary N) is 1. The zero-order chi connectivity index (χ0) is 22.9. The van der Waals surface area contributed by atoms with Crippen molar-refractivity contribution in [3.05, 3.63) is 64.9 Å². The van der Waals surface area contributed by atoms with Crippen LogP contribution in [0.4, 0.5) is 18.9 Å². The van der Waals surface area contributed by atoms with Gasteiger partial charge >= 0.3 is 0 Å². The third kappa shape index (κ3) is 5.24. The predicted octanol–water partition coefficient (Wildman–Crippen LogP) is 7.22. The molecule has 2 aromatic carbocycles.